The number of hydrogen-bond donors (Lipinski definition) is 1. The molecule has 0 amide bonds. The van der Waals surface area contributed by atoms with E-state index in [0.29, 0.717) is 47.8 Å². The number of pyridine rings is 1. The van der Waals surface area contributed by atoms with E-state index in [-0.39, 0.29) is 12.2 Å². The van der Waals surface area contributed by atoms with Gasteiger partial charge < -0.3 is 14.0 Å². The molecule has 7 rings (SSSR count). The van der Waals surface area contributed by atoms with Crippen LogP contribution in [0.4, 0.5) is 0 Å². The molecular formula is C29H29ClN8O4. The molecule has 0 radical (unpaired) electrons. The van der Waals surface area contributed by atoms with Crippen molar-refractivity contribution in [2.45, 2.75) is 51.0 Å². The fraction of sp³-hybridized carbons (Fsp3) is 0.379. The first-order chi connectivity index (χ1) is 20.6. The summed E-state index contributed by atoms with van der Waals surface area (Å²) in [5.41, 5.74) is 3.14. The maximum absolute atomic E-state index is 11.5. The zero-order chi connectivity index (χ0) is 28.5. The highest BCUT2D eigenvalue weighted by Crippen LogP contribution is 2.25. The highest BCUT2D eigenvalue weighted by molar-refractivity contribution is 6.30. The van der Waals surface area contributed by atoms with Gasteiger partial charge in [0.2, 0.25) is 11.7 Å². The number of imidazole rings is 1. The Hall–Kier alpha value is -4.13. The number of piperidine rings is 1. The van der Waals surface area contributed by atoms with Crippen LogP contribution < -0.4 is 10.5 Å². The van der Waals surface area contributed by atoms with Crippen molar-refractivity contribution < 1.29 is 14.0 Å². The molecule has 216 valence electrons. The predicted octanol–water partition coefficient (Wildman–Crippen LogP) is 3.64. The zero-order valence-electron chi connectivity index (χ0n) is 22.8. The van der Waals surface area contributed by atoms with Crippen molar-refractivity contribution in [2.75, 3.05) is 19.7 Å². The van der Waals surface area contributed by atoms with Gasteiger partial charge in [-0.1, -0.05) is 28.9 Å². The number of rotatable bonds is 9. The molecule has 2 fully saturated rings. The van der Waals surface area contributed by atoms with Crippen molar-refractivity contribution in [3.8, 4) is 17.4 Å². The third kappa shape index (κ3) is 5.91. The van der Waals surface area contributed by atoms with Crippen molar-refractivity contribution >= 4 is 22.8 Å². The van der Waals surface area contributed by atoms with E-state index in [1.54, 1.807) is 12.3 Å². The third-order valence-electron chi connectivity index (χ3n) is 7.68. The first-order valence-corrected chi connectivity index (χ1v) is 14.4. The Balaban J connectivity index is 1.01. The number of aromatic nitrogens is 7. The van der Waals surface area contributed by atoms with Gasteiger partial charge >= 0.3 is 5.76 Å². The molecule has 0 bridgehead atoms. The summed E-state index contributed by atoms with van der Waals surface area (Å²) in [7, 11) is 0. The minimum Gasteiger partial charge on any atom is -0.474 e. The molecule has 0 spiro atoms. The standard InChI is InChI=1S/C29H29ClN8O4/c30-19-3-1-18(2-4-19)15-24-31-11-7-26(34-24)41-20-8-12-37(13-9-20)17-25-32-23-6-5-22(27-35-29(39)42-36-27)33-28(23)38(25)16-21-10-14-40-21/h1-7,11,20-21H,8-10,12-17H2,(H,35,36,39)/t21-/m0/s1. The lowest BCUT2D eigenvalue weighted by molar-refractivity contribution is -0.0593. The second kappa shape index (κ2) is 11.6. The second-order valence-electron chi connectivity index (χ2n) is 10.6. The van der Waals surface area contributed by atoms with Gasteiger partial charge in [0.15, 0.2) is 5.65 Å². The summed E-state index contributed by atoms with van der Waals surface area (Å²) >= 11 is 6.00. The van der Waals surface area contributed by atoms with Gasteiger partial charge in [-0.25, -0.2) is 19.7 Å². The van der Waals surface area contributed by atoms with Crippen LogP contribution in [0.5, 0.6) is 5.88 Å². The summed E-state index contributed by atoms with van der Waals surface area (Å²) in [6.45, 7) is 3.87. The van der Waals surface area contributed by atoms with Gasteiger partial charge in [-0.15, -0.1) is 0 Å². The van der Waals surface area contributed by atoms with E-state index in [2.05, 4.69) is 34.1 Å². The van der Waals surface area contributed by atoms with E-state index in [1.165, 1.54) is 0 Å². The molecule has 42 heavy (non-hydrogen) atoms. The summed E-state index contributed by atoms with van der Waals surface area (Å²) in [5.74, 6) is 1.92. The van der Waals surface area contributed by atoms with Crippen LogP contribution >= 0.6 is 11.6 Å². The number of benzene rings is 1. The Morgan fingerprint density at radius 1 is 1.02 bits per heavy atom. The highest BCUT2D eigenvalue weighted by atomic mass is 35.5. The molecule has 5 aromatic rings. The monoisotopic (exact) mass is 588 g/mol. The maximum Gasteiger partial charge on any atom is 0.439 e. The highest BCUT2D eigenvalue weighted by Gasteiger charge is 2.26. The van der Waals surface area contributed by atoms with Crippen LogP contribution in [0.25, 0.3) is 22.7 Å². The first kappa shape index (κ1) is 26.7. The maximum atomic E-state index is 11.5. The molecule has 13 heteroatoms. The fourth-order valence-electron chi connectivity index (χ4n) is 5.34. The van der Waals surface area contributed by atoms with Gasteiger partial charge in [-0.3, -0.25) is 14.4 Å². The largest absolute Gasteiger partial charge is 0.474 e. The van der Waals surface area contributed by atoms with Gasteiger partial charge in [-0.2, -0.15) is 4.98 Å². The summed E-state index contributed by atoms with van der Waals surface area (Å²) < 4.78 is 18.8. The number of H-pyrrole nitrogens is 1. The minimum atomic E-state index is -0.616. The van der Waals surface area contributed by atoms with Crippen LogP contribution in [0.2, 0.25) is 5.02 Å². The smallest absolute Gasteiger partial charge is 0.439 e. The Kier molecular flexibility index (Phi) is 7.41. The molecule has 1 N–H and O–H groups in total. The average Bonchev–Trinajstić information content (AvgIpc) is 3.56. The molecule has 2 aliphatic heterocycles. The number of fused-ring (bicyclic) bond motifs is 1. The van der Waals surface area contributed by atoms with Crippen molar-refractivity contribution in [3.05, 3.63) is 81.4 Å². The topological polar surface area (TPSA) is 137 Å². The van der Waals surface area contributed by atoms with E-state index in [1.807, 2.05) is 36.4 Å². The molecule has 12 nitrogen and oxygen atoms in total. The third-order valence-corrected chi connectivity index (χ3v) is 7.93. The Bertz CT molecular complexity index is 1740. The van der Waals surface area contributed by atoms with E-state index in [4.69, 9.17) is 31.0 Å². The quantitative estimate of drug-likeness (QED) is 0.272. The van der Waals surface area contributed by atoms with Crippen molar-refractivity contribution in [1.29, 1.82) is 0 Å². The van der Waals surface area contributed by atoms with Gasteiger partial charge in [0.05, 0.1) is 19.2 Å². The Morgan fingerprint density at radius 2 is 1.86 bits per heavy atom. The van der Waals surface area contributed by atoms with Crippen molar-refractivity contribution in [3.63, 3.8) is 0 Å². The van der Waals surface area contributed by atoms with Gasteiger partial charge in [0, 0.05) is 43.4 Å². The zero-order valence-corrected chi connectivity index (χ0v) is 23.5. The number of nitrogens with zero attached hydrogens (tertiary/aromatic N) is 7. The lowest BCUT2D eigenvalue weighted by atomic mass is 10.1. The van der Waals surface area contributed by atoms with Gasteiger partial charge in [-0.05, 0) is 49.1 Å². The predicted molar refractivity (Wildman–Crippen MR) is 153 cm³/mol. The molecule has 2 saturated heterocycles. The molecule has 0 aliphatic carbocycles. The van der Waals surface area contributed by atoms with Crippen LogP contribution in [0.1, 0.15) is 36.5 Å². The fourth-order valence-corrected chi connectivity index (χ4v) is 5.46. The van der Waals surface area contributed by atoms with Crippen molar-refractivity contribution in [2.24, 2.45) is 0 Å². The molecule has 2 aliphatic rings. The first-order valence-electron chi connectivity index (χ1n) is 14.1. The summed E-state index contributed by atoms with van der Waals surface area (Å²) in [5, 5.41) is 4.49. The van der Waals surface area contributed by atoms with Gasteiger partial charge in [0.1, 0.15) is 29.0 Å². The van der Waals surface area contributed by atoms with Crippen LogP contribution in [-0.4, -0.2) is 71.4 Å². The lowest BCUT2D eigenvalue weighted by Crippen LogP contribution is -2.39. The van der Waals surface area contributed by atoms with Crippen LogP contribution in [0, 0.1) is 0 Å². The van der Waals surface area contributed by atoms with E-state index in [9.17, 15) is 4.79 Å². The second-order valence-corrected chi connectivity index (χ2v) is 11.0. The normalized spacial score (nSPS) is 17.9. The summed E-state index contributed by atoms with van der Waals surface area (Å²) in [6.07, 6.45) is 5.34. The summed E-state index contributed by atoms with van der Waals surface area (Å²) in [6, 6.07) is 13.2. The number of aromatic amines is 1. The SMILES string of the molecule is O=c1[nH]c(-c2ccc3nc(CN4CCC(Oc5ccnc(Cc6ccc(Cl)cc6)n5)CC4)n(C[C@@H]4CCO4)c3n2)no1. The van der Waals surface area contributed by atoms with Gasteiger partial charge in [0.25, 0.3) is 0 Å². The summed E-state index contributed by atoms with van der Waals surface area (Å²) in [4.78, 5) is 35.2. The van der Waals surface area contributed by atoms with Crippen LogP contribution in [0.3, 0.4) is 0 Å². The van der Waals surface area contributed by atoms with E-state index in [0.717, 1.165) is 61.5 Å². The molecule has 6 heterocycles. The van der Waals surface area contributed by atoms with Crippen molar-refractivity contribution in [1.82, 2.24) is 39.5 Å². The number of ether oxygens (including phenoxy) is 2. The number of hydrogen-bond acceptors (Lipinski definition) is 10. The minimum absolute atomic E-state index is 0.0792. The molecule has 1 atom stereocenters. The molecule has 0 unspecified atom stereocenters. The van der Waals surface area contributed by atoms with Crippen LogP contribution in [-0.2, 0) is 24.2 Å². The van der Waals surface area contributed by atoms with E-state index >= 15 is 0 Å². The lowest BCUT2D eigenvalue weighted by Gasteiger charge is -2.32. The molecular weight excluding hydrogens is 560 g/mol. The number of halogens is 1. The Labute approximate surface area is 245 Å². The Morgan fingerprint density at radius 3 is 2.60 bits per heavy atom. The van der Waals surface area contributed by atoms with E-state index < -0.39 is 5.76 Å². The number of nitrogens with one attached hydrogen (secondary N) is 1. The average molecular weight is 589 g/mol. The number of likely N-dealkylation sites (tertiary alicyclic amines) is 1. The van der Waals surface area contributed by atoms with Crippen LogP contribution in [0.15, 0.2) is 58.0 Å². The molecule has 4 aromatic heterocycles. The molecule has 0 saturated carbocycles. The molecule has 1 aromatic carbocycles.